The van der Waals surface area contributed by atoms with Gasteiger partial charge in [-0.3, -0.25) is 0 Å². The minimum atomic E-state index is -1.23. The Bertz CT molecular complexity index is 490. The first-order valence-electron chi connectivity index (χ1n) is 8.22. The Morgan fingerprint density at radius 2 is 1.95 bits per heavy atom. The van der Waals surface area contributed by atoms with Crippen LogP contribution in [-0.2, 0) is 11.2 Å². The van der Waals surface area contributed by atoms with Gasteiger partial charge >= 0.3 is 0 Å². The molecule has 22 heavy (non-hydrogen) atoms. The molecule has 1 aliphatic rings. The standard InChI is InChI=1S/C16H28IN3OSi/c1-5-14-15(17)16(19-10-18-14)20-12-6-8-13(9-7-12)22(3,4)11-21-2/h10,12-13H,5-9,11H2,1-4H3,(H,18,19,20)/t12-,13+. The fourth-order valence-corrected chi connectivity index (χ4v) is 7.15. The van der Waals surface area contributed by atoms with Gasteiger partial charge in [-0.1, -0.05) is 32.9 Å². The van der Waals surface area contributed by atoms with Crippen LogP contribution in [0.2, 0.25) is 18.6 Å². The second kappa shape index (κ2) is 8.05. The van der Waals surface area contributed by atoms with Gasteiger partial charge in [0.15, 0.2) is 0 Å². The van der Waals surface area contributed by atoms with E-state index in [-0.39, 0.29) is 0 Å². The van der Waals surface area contributed by atoms with Crippen molar-refractivity contribution in [3.8, 4) is 0 Å². The molecule has 6 heteroatoms. The third-order valence-electron chi connectivity index (χ3n) is 4.89. The fraction of sp³-hybridized carbons (Fsp3) is 0.750. The van der Waals surface area contributed by atoms with E-state index in [9.17, 15) is 0 Å². The normalized spacial score (nSPS) is 22.6. The molecule has 1 N–H and O–H groups in total. The minimum Gasteiger partial charge on any atom is -0.388 e. The van der Waals surface area contributed by atoms with Gasteiger partial charge in [0.1, 0.15) is 12.1 Å². The molecular formula is C16H28IN3OSi. The highest BCUT2D eigenvalue weighted by Crippen LogP contribution is 2.38. The first-order chi connectivity index (χ1) is 10.5. The Morgan fingerprint density at radius 1 is 1.27 bits per heavy atom. The second-order valence-corrected chi connectivity index (χ2v) is 13.1. The van der Waals surface area contributed by atoms with Crippen LogP contribution >= 0.6 is 22.6 Å². The maximum absolute atomic E-state index is 5.45. The Balaban J connectivity index is 1.93. The van der Waals surface area contributed by atoms with Crippen LogP contribution in [0.15, 0.2) is 6.33 Å². The van der Waals surface area contributed by atoms with E-state index >= 15 is 0 Å². The lowest BCUT2D eigenvalue weighted by Crippen LogP contribution is -2.41. The molecule has 0 unspecified atom stereocenters. The monoisotopic (exact) mass is 433 g/mol. The molecule has 1 saturated carbocycles. The first kappa shape index (κ1) is 18.1. The molecule has 0 amide bonds. The van der Waals surface area contributed by atoms with Gasteiger partial charge in [0.2, 0.25) is 0 Å². The third-order valence-corrected chi connectivity index (χ3v) is 9.84. The number of ether oxygens (including phenoxy) is 1. The highest BCUT2D eigenvalue weighted by atomic mass is 127. The zero-order valence-electron chi connectivity index (χ0n) is 14.2. The molecule has 0 spiro atoms. The van der Waals surface area contributed by atoms with E-state index in [1.165, 1.54) is 29.3 Å². The van der Waals surface area contributed by atoms with Crippen LogP contribution < -0.4 is 5.32 Å². The second-order valence-electron chi connectivity index (χ2n) is 6.95. The van der Waals surface area contributed by atoms with Crippen LogP contribution in [0.5, 0.6) is 0 Å². The van der Waals surface area contributed by atoms with Gasteiger partial charge in [-0.25, -0.2) is 9.97 Å². The molecule has 1 aliphatic carbocycles. The SMILES string of the molecule is CCc1ncnc(N[C@H]2CC[C@@H]([Si](C)(C)COC)CC2)c1I. The highest BCUT2D eigenvalue weighted by molar-refractivity contribution is 14.1. The Labute approximate surface area is 149 Å². The number of aryl methyl sites for hydroxylation is 1. The number of hydrogen-bond acceptors (Lipinski definition) is 4. The molecule has 0 bridgehead atoms. The van der Waals surface area contributed by atoms with E-state index in [2.05, 4.69) is 57.9 Å². The van der Waals surface area contributed by atoms with E-state index in [1.807, 2.05) is 7.11 Å². The van der Waals surface area contributed by atoms with Crippen LogP contribution in [0.4, 0.5) is 5.82 Å². The summed E-state index contributed by atoms with van der Waals surface area (Å²) in [7, 11) is 0.611. The zero-order chi connectivity index (χ0) is 16.2. The summed E-state index contributed by atoms with van der Waals surface area (Å²) >= 11 is 2.37. The molecule has 1 aromatic rings. The average Bonchev–Trinajstić information content (AvgIpc) is 2.50. The van der Waals surface area contributed by atoms with Crippen LogP contribution in [0.1, 0.15) is 38.3 Å². The van der Waals surface area contributed by atoms with Crippen LogP contribution in [0.3, 0.4) is 0 Å². The van der Waals surface area contributed by atoms with E-state index < -0.39 is 8.07 Å². The maximum Gasteiger partial charge on any atom is 0.143 e. The molecular weight excluding hydrogens is 405 g/mol. The zero-order valence-corrected chi connectivity index (χ0v) is 17.3. The Hall–Kier alpha value is -0.213. The predicted octanol–water partition coefficient (Wildman–Crippen LogP) is 4.26. The van der Waals surface area contributed by atoms with Crippen molar-refractivity contribution in [3.05, 3.63) is 15.6 Å². The van der Waals surface area contributed by atoms with Crippen molar-refractivity contribution in [2.45, 2.75) is 63.7 Å². The number of methoxy groups -OCH3 is 1. The molecule has 4 nitrogen and oxygen atoms in total. The van der Waals surface area contributed by atoms with Crippen LogP contribution in [0, 0.1) is 3.57 Å². The number of halogens is 1. The number of hydrogen-bond donors (Lipinski definition) is 1. The van der Waals surface area contributed by atoms with Crippen molar-refractivity contribution in [3.63, 3.8) is 0 Å². The largest absolute Gasteiger partial charge is 0.388 e. The average molecular weight is 433 g/mol. The quantitative estimate of drug-likeness (QED) is 0.538. The van der Waals surface area contributed by atoms with Gasteiger partial charge in [0.05, 0.1) is 17.3 Å². The van der Waals surface area contributed by atoms with Crippen molar-refractivity contribution in [1.82, 2.24) is 9.97 Å². The molecule has 1 fully saturated rings. The summed E-state index contributed by atoms with van der Waals surface area (Å²) in [6.45, 7) is 7.08. The molecule has 1 aromatic heterocycles. The molecule has 0 aliphatic heterocycles. The van der Waals surface area contributed by atoms with Gasteiger partial charge in [-0.2, -0.15) is 0 Å². The summed E-state index contributed by atoms with van der Waals surface area (Å²) in [6.07, 6.45) is 8.76. The number of rotatable bonds is 6. The highest BCUT2D eigenvalue weighted by Gasteiger charge is 2.35. The fourth-order valence-electron chi connectivity index (χ4n) is 3.46. The number of nitrogens with zero attached hydrogens (tertiary/aromatic N) is 2. The summed E-state index contributed by atoms with van der Waals surface area (Å²) in [5, 5.41) is 3.65. The van der Waals surface area contributed by atoms with Crippen molar-refractivity contribution < 1.29 is 4.74 Å². The van der Waals surface area contributed by atoms with Gasteiger partial charge in [0, 0.05) is 19.4 Å². The topological polar surface area (TPSA) is 47.0 Å². The van der Waals surface area contributed by atoms with Crippen molar-refractivity contribution in [2.24, 2.45) is 0 Å². The molecule has 124 valence electrons. The lowest BCUT2D eigenvalue weighted by molar-refractivity contribution is 0.242. The van der Waals surface area contributed by atoms with E-state index in [0.29, 0.717) is 6.04 Å². The maximum atomic E-state index is 5.45. The number of anilines is 1. The number of nitrogens with one attached hydrogen (secondary N) is 1. The summed E-state index contributed by atoms with van der Waals surface area (Å²) in [5.74, 6) is 1.02. The smallest absolute Gasteiger partial charge is 0.143 e. The number of aromatic nitrogens is 2. The van der Waals surface area contributed by atoms with Crippen molar-refractivity contribution in [1.29, 1.82) is 0 Å². The summed E-state index contributed by atoms with van der Waals surface area (Å²) in [6, 6.07) is 0.553. The van der Waals surface area contributed by atoms with E-state index in [0.717, 1.165) is 29.7 Å². The lowest BCUT2D eigenvalue weighted by atomic mass is 9.95. The van der Waals surface area contributed by atoms with Gasteiger partial charge in [0.25, 0.3) is 0 Å². The Kier molecular flexibility index (Phi) is 6.64. The van der Waals surface area contributed by atoms with Gasteiger partial charge in [-0.05, 0) is 47.4 Å². The molecule has 0 saturated heterocycles. The first-order valence-corrected chi connectivity index (χ1v) is 12.6. The summed E-state index contributed by atoms with van der Waals surface area (Å²) in [5.41, 5.74) is 2.03. The Morgan fingerprint density at radius 3 is 2.55 bits per heavy atom. The predicted molar refractivity (Wildman–Crippen MR) is 103 cm³/mol. The van der Waals surface area contributed by atoms with E-state index in [4.69, 9.17) is 4.74 Å². The molecule has 0 radical (unpaired) electrons. The molecule has 1 heterocycles. The summed E-state index contributed by atoms with van der Waals surface area (Å²) < 4.78 is 6.63. The molecule has 0 atom stereocenters. The van der Waals surface area contributed by atoms with Crippen molar-refractivity contribution >= 4 is 36.5 Å². The molecule has 0 aromatic carbocycles. The summed E-state index contributed by atoms with van der Waals surface area (Å²) in [4.78, 5) is 8.79. The van der Waals surface area contributed by atoms with Crippen LogP contribution in [0.25, 0.3) is 0 Å². The van der Waals surface area contributed by atoms with Gasteiger partial charge < -0.3 is 10.1 Å². The third kappa shape index (κ3) is 4.41. The lowest BCUT2D eigenvalue weighted by Gasteiger charge is -2.37. The minimum absolute atomic E-state index is 0.553. The van der Waals surface area contributed by atoms with E-state index in [1.54, 1.807) is 6.33 Å². The van der Waals surface area contributed by atoms with Crippen LogP contribution in [-0.4, -0.2) is 37.4 Å². The van der Waals surface area contributed by atoms with Gasteiger partial charge in [-0.15, -0.1) is 0 Å². The molecule has 2 rings (SSSR count). The van der Waals surface area contributed by atoms with Crippen molar-refractivity contribution in [2.75, 3.05) is 18.7 Å².